The lowest BCUT2D eigenvalue weighted by Crippen LogP contribution is -2.32. The second-order valence-electron chi connectivity index (χ2n) is 7.02. The van der Waals surface area contributed by atoms with Crippen molar-refractivity contribution in [1.82, 2.24) is 0 Å². The van der Waals surface area contributed by atoms with Crippen LogP contribution in [-0.2, 0) is 25.7 Å². The van der Waals surface area contributed by atoms with Crippen LogP contribution in [0.5, 0.6) is 0 Å². The molecule has 2 rings (SSSR count). The smallest absolute Gasteiger partial charge is 0.416 e. The van der Waals surface area contributed by atoms with E-state index in [1.54, 1.807) is 13.8 Å². The monoisotopic (exact) mass is 447 g/mol. The van der Waals surface area contributed by atoms with Crippen LogP contribution < -0.4 is 4.31 Å². The lowest BCUT2D eigenvalue weighted by atomic mass is 9.96. The van der Waals surface area contributed by atoms with Crippen molar-refractivity contribution < 1.29 is 35.9 Å². The zero-order valence-corrected chi connectivity index (χ0v) is 17.8. The Bertz CT molecular complexity index is 950. The number of halogens is 3. The Kier molecular flexibility index (Phi) is 7.33. The highest BCUT2D eigenvalue weighted by Gasteiger charge is 2.38. The van der Waals surface area contributed by atoms with Crippen molar-refractivity contribution in [3.63, 3.8) is 0 Å². The SMILES string of the molecule is CCCN(c1cc(C(F)(F)F)ccc1C(=O)C(=COCC)C(=O)C1CC1)S(C)(=O)=O. The first-order valence-corrected chi connectivity index (χ1v) is 11.4. The minimum atomic E-state index is -4.74. The molecule has 1 fully saturated rings. The number of ether oxygens (including phenoxy) is 1. The molecule has 1 aliphatic carbocycles. The maximum Gasteiger partial charge on any atom is 0.416 e. The molecule has 0 saturated heterocycles. The van der Waals surface area contributed by atoms with Gasteiger partial charge in [0, 0.05) is 18.0 Å². The van der Waals surface area contributed by atoms with Gasteiger partial charge in [0.05, 0.1) is 30.4 Å². The van der Waals surface area contributed by atoms with Crippen molar-refractivity contribution >= 4 is 27.3 Å². The van der Waals surface area contributed by atoms with Gasteiger partial charge >= 0.3 is 6.18 Å². The number of benzene rings is 1. The molecule has 0 heterocycles. The van der Waals surface area contributed by atoms with E-state index in [0.717, 1.165) is 22.9 Å². The molecule has 1 aromatic carbocycles. The second kappa shape index (κ2) is 9.20. The number of ketones is 2. The summed E-state index contributed by atoms with van der Waals surface area (Å²) in [5.41, 5.74) is -2.11. The third-order valence-electron chi connectivity index (χ3n) is 4.49. The number of carbonyl (C=O) groups is 2. The highest BCUT2D eigenvalue weighted by molar-refractivity contribution is 7.92. The summed E-state index contributed by atoms with van der Waals surface area (Å²) in [6.07, 6.45) is -1.35. The van der Waals surface area contributed by atoms with Gasteiger partial charge in [-0.3, -0.25) is 13.9 Å². The van der Waals surface area contributed by atoms with Crippen molar-refractivity contribution in [2.24, 2.45) is 5.92 Å². The topological polar surface area (TPSA) is 80.8 Å². The minimum Gasteiger partial charge on any atom is -0.501 e. The van der Waals surface area contributed by atoms with E-state index in [1.165, 1.54) is 0 Å². The molecule has 0 spiro atoms. The van der Waals surface area contributed by atoms with Gasteiger partial charge in [-0.1, -0.05) is 6.92 Å². The van der Waals surface area contributed by atoms with E-state index in [1.807, 2.05) is 0 Å². The van der Waals surface area contributed by atoms with Crippen LogP contribution in [0.4, 0.5) is 18.9 Å². The van der Waals surface area contributed by atoms with Gasteiger partial charge in [-0.25, -0.2) is 8.42 Å². The van der Waals surface area contributed by atoms with E-state index in [2.05, 4.69) is 0 Å². The summed E-state index contributed by atoms with van der Waals surface area (Å²) in [6, 6.07) is 2.24. The predicted octanol–water partition coefficient (Wildman–Crippen LogP) is 3.96. The molecule has 0 bridgehead atoms. The molecule has 0 radical (unpaired) electrons. The van der Waals surface area contributed by atoms with Crippen LogP contribution >= 0.6 is 0 Å². The van der Waals surface area contributed by atoms with E-state index >= 15 is 0 Å². The number of anilines is 1. The summed E-state index contributed by atoms with van der Waals surface area (Å²) in [4.78, 5) is 25.7. The fourth-order valence-electron chi connectivity index (χ4n) is 2.88. The Morgan fingerprint density at radius 3 is 2.33 bits per heavy atom. The molecule has 0 aromatic heterocycles. The quantitative estimate of drug-likeness (QED) is 0.178. The third-order valence-corrected chi connectivity index (χ3v) is 5.67. The number of alkyl halides is 3. The van der Waals surface area contributed by atoms with Crippen LogP contribution in [0.3, 0.4) is 0 Å². The number of hydrogen-bond acceptors (Lipinski definition) is 5. The maximum absolute atomic E-state index is 13.3. The van der Waals surface area contributed by atoms with Crippen molar-refractivity contribution in [3.05, 3.63) is 41.2 Å². The van der Waals surface area contributed by atoms with Crippen molar-refractivity contribution in [2.75, 3.05) is 23.7 Å². The highest BCUT2D eigenvalue weighted by atomic mass is 32.2. The van der Waals surface area contributed by atoms with Gasteiger partial charge in [-0.15, -0.1) is 0 Å². The molecule has 0 amide bonds. The van der Waals surface area contributed by atoms with Gasteiger partial charge in [0.1, 0.15) is 5.57 Å². The standard InChI is InChI=1S/C20H24F3NO5S/c1-4-10-24(30(3,27)28)17-11-14(20(21,22)23)8-9-15(17)19(26)16(12-29-5-2)18(25)13-6-7-13/h8-9,11-13H,4-7,10H2,1-3H3. The lowest BCUT2D eigenvalue weighted by molar-refractivity contribution is -0.137. The third kappa shape index (κ3) is 5.62. The molecule has 30 heavy (non-hydrogen) atoms. The number of Topliss-reactive ketones (excluding diaryl/α,β-unsaturated/α-hetero) is 2. The predicted molar refractivity (Wildman–Crippen MR) is 106 cm³/mol. The Balaban J connectivity index is 2.67. The number of sulfonamides is 1. The summed E-state index contributed by atoms with van der Waals surface area (Å²) in [7, 11) is -3.99. The average Bonchev–Trinajstić information content (AvgIpc) is 3.49. The Hall–Kier alpha value is -2.36. The van der Waals surface area contributed by atoms with Crippen LogP contribution in [0.2, 0.25) is 0 Å². The lowest BCUT2D eigenvalue weighted by Gasteiger charge is -2.25. The number of carbonyl (C=O) groups excluding carboxylic acids is 2. The summed E-state index contributed by atoms with van der Waals surface area (Å²) in [5.74, 6) is -1.66. The van der Waals surface area contributed by atoms with E-state index < -0.39 is 39.0 Å². The van der Waals surface area contributed by atoms with Gasteiger partial charge in [0.15, 0.2) is 5.78 Å². The fourth-order valence-corrected chi connectivity index (χ4v) is 3.90. The van der Waals surface area contributed by atoms with Gasteiger partial charge in [0.2, 0.25) is 15.8 Å². The molecular weight excluding hydrogens is 423 g/mol. The van der Waals surface area contributed by atoms with Crippen LogP contribution in [0, 0.1) is 5.92 Å². The fraction of sp³-hybridized carbons (Fsp3) is 0.500. The Morgan fingerprint density at radius 1 is 1.23 bits per heavy atom. The van der Waals surface area contributed by atoms with Crippen molar-refractivity contribution in [3.8, 4) is 0 Å². The number of nitrogens with zero attached hydrogens (tertiary/aromatic N) is 1. The largest absolute Gasteiger partial charge is 0.501 e. The minimum absolute atomic E-state index is 0.124. The summed E-state index contributed by atoms with van der Waals surface area (Å²) in [5, 5.41) is 0. The van der Waals surface area contributed by atoms with Crippen molar-refractivity contribution in [2.45, 2.75) is 39.3 Å². The van der Waals surface area contributed by atoms with E-state index in [4.69, 9.17) is 4.74 Å². The first-order valence-electron chi connectivity index (χ1n) is 9.51. The van der Waals surface area contributed by atoms with E-state index in [0.29, 0.717) is 31.4 Å². The molecule has 0 atom stereocenters. The molecule has 1 saturated carbocycles. The molecule has 0 unspecified atom stereocenters. The summed E-state index contributed by atoms with van der Waals surface area (Å²) >= 11 is 0. The van der Waals surface area contributed by atoms with E-state index in [9.17, 15) is 31.2 Å². The van der Waals surface area contributed by atoms with Gasteiger partial charge < -0.3 is 4.74 Å². The van der Waals surface area contributed by atoms with Gasteiger partial charge in [0.25, 0.3) is 0 Å². The second-order valence-corrected chi connectivity index (χ2v) is 8.93. The first-order chi connectivity index (χ1) is 13.9. The molecule has 6 nitrogen and oxygen atoms in total. The molecule has 1 aliphatic rings. The first kappa shape index (κ1) is 23.9. The zero-order valence-electron chi connectivity index (χ0n) is 17.0. The summed E-state index contributed by atoms with van der Waals surface area (Å²) < 4.78 is 70.3. The molecule has 0 N–H and O–H groups in total. The molecule has 10 heteroatoms. The zero-order chi connectivity index (χ0) is 22.7. The highest BCUT2D eigenvalue weighted by Crippen LogP contribution is 2.37. The van der Waals surface area contributed by atoms with Gasteiger partial charge in [-0.2, -0.15) is 13.2 Å². The molecule has 1 aromatic rings. The number of rotatable bonds is 10. The normalized spacial score (nSPS) is 15.1. The van der Waals surface area contributed by atoms with Gasteiger partial charge in [-0.05, 0) is 44.4 Å². The number of allylic oxidation sites excluding steroid dienone is 1. The number of hydrogen-bond donors (Lipinski definition) is 0. The molecular formula is C20H24F3NO5S. The van der Waals surface area contributed by atoms with Crippen LogP contribution in [0.1, 0.15) is 49.0 Å². The van der Waals surface area contributed by atoms with E-state index in [-0.39, 0.29) is 30.2 Å². The molecule has 0 aliphatic heterocycles. The van der Waals surface area contributed by atoms with Crippen LogP contribution in [-0.4, -0.2) is 39.4 Å². The van der Waals surface area contributed by atoms with Crippen molar-refractivity contribution in [1.29, 1.82) is 0 Å². The Morgan fingerprint density at radius 2 is 1.87 bits per heavy atom. The average molecular weight is 447 g/mol. The van der Waals surface area contributed by atoms with Crippen LogP contribution in [0.25, 0.3) is 0 Å². The summed E-state index contributed by atoms with van der Waals surface area (Å²) in [6.45, 7) is 3.36. The van der Waals surface area contributed by atoms with Crippen LogP contribution in [0.15, 0.2) is 30.0 Å². The Labute approximate surface area is 173 Å². The molecule has 166 valence electrons. The maximum atomic E-state index is 13.3.